The zero-order valence-electron chi connectivity index (χ0n) is 19.6. The number of amides is 2. The van der Waals surface area contributed by atoms with Gasteiger partial charge in [-0.3, -0.25) is 9.59 Å². The van der Waals surface area contributed by atoms with Crippen LogP contribution in [0.15, 0.2) is 48.5 Å². The highest BCUT2D eigenvalue weighted by Gasteiger charge is 2.45. The predicted octanol–water partition coefficient (Wildman–Crippen LogP) is 3.26. The highest BCUT2D eigenvalue weighted by molar-refractivity contribution is 5.85. The molecule has 2 heterocycles. The Kier molecular flexibility index (Phi) is 6.47. The van der Waals surface area contributed by atoms with Gasteiger partial charge in [-0.1, -0.05) is 48.5 Å². The third kappa shape index (κ3) is 4.50. The lowest BCUT2D eigenvalue weighted by Gasteiger charge is -2.38. The third-order valence-corrected chi connectivity index (χ3v) is 7.64. The van der Waals surface area contributed by atoms with Crippen LogP contribution in [0.25, 0.3) is 11.1 Å². The maximum atomic E-state index is 13.4. The van der Waals surface area contributed by atoms with Gasteiger partial charge in [0.25, 0.3) is 0 Å². The highest BCUT2D eigenvalue weighted by atomic mass is 16.5. The molecule has 2 aliphatic heterocycles. The number of carbonyl (C=O) groups is 3. The second-order valence-electron chi connectivity index (χ2n) is 9.65. The molecule has 2 fully saturated rings. The number of carboxylic acids is 1. The van der Waals surface area contributed by atoms with Crippen LogP contribution in [0.2, 0.25) is 0 Å². The van der Waals surface area contributed by atoms with Gasteiger partial charge in [-0.25, -0.2) is 4.79 Å². The largest absolute Gasteiger partial charge is 0.481 e. The number of fused-ring (bicyclic) bond motifs is 3. The van der Waals surface area contributed by atoms with Gasteiger partial charge in [0, 0.05) is 38.8 Å². The van der Waals surface area contributed by atoms with Crippen molar-refractivity contribution >= 4 is 18.0 Å². The van der Waals surface area contributed by atoms with Gasteiger partial charge in [0.1, 0.15) is 6.61 Å². The Morgan fingerprint density at radius 1 is 1.03 bits per heavy atom. The molecule has 8 nitrogen and oxygen atoms in total. The van der Waals surface area contributed by atoms with Gasteiger partial charge < -0.3 is 24.8 Å². The molecule has 8 heteroatoms. The van der Waals surface area contributed by atoms with E-state index in [0.717, 1.165) is 22.3 Å². The van der Waals surface area contributed by atoms with E-state index in [9.17, 15) is 19.5 Å². The molecule has 2 aromatic rings. The maximum Gasteiger partial charge on any atom is 0.407 e. The molecule has 0 saturated carbocycles. The Labute approximate surface area is 204 Å². The second kappa shape index (κ2) is 9.70. The first-order valence-electron chi connectivity index (χ1n) is 12.2. The standard InChI is InChI=1S/C27H30N2O6/c30-24(31)18-9-12-29(15-18)25(32)27(10-13-34-14-11-27)17-28-26(33)35-16-23-21-7-3-1-5-19(21)20-6-2-4-8-22(20)23/h1-8,18,23H,9-17H2,(H,28,33)(H,30,31). The van der Waals surface area contributed by atoms with E-state index in [1.165, 1.54) is 0 Å². The normalized spacial score (nSPS) is 20.7. The molecule has 1 atom stereocenters. The minimum Gasteiger partial charge on any atom is -0.481 e. The van der Waals surface area contributed by atoms with Crippen LogP contribution in [-0.2, 0) is 19.1 Å². The van der Waals surface area contributed by atoms with Crippen molar-refractivity contribution in [3.05, 3.63) is 59.7 Å². The molecular weight excluding hydrogens is 448 g/mol. The molecule has 2 N–H and O–H groups in total. The fraction of sp³-hybridized carbons (Fsp3) is 0.444. The van der Waals surface area contributed by atoms with Crippen LogP contribution in [0.5, 0.6) is 0 Å². The van der Waals surface area contributed by atoms with Crippen molar-refractivity contribution < 1.29 is 29.0 Å². The molecule has 35 heavy (non-hydrogen) atoms. The molecular formula is C27H30N2O6. The second-order valence-corrected chi connectivity index (χ2v) is 9.65. The smallest absolute Gasteiger partial charge is 0.407 e. The van der Waals surface area contributed by atoms with E-state index in [4.69, 9.17) is 9.47 Å². The first-order valence-corrected chi connectivity index (χ1v) is 12.2. The zero-order chi connectivity index (χ0) is 24.4. The summed E-state index contributed by atoms with van der Waals surface area (Å²) in [5, 5.41) is 12.1. The Morgan fingerprint density at radius 3 is 2.26 bits per heavy atom. The fourth-order valence-corrected chi connectivity index (χ4v) is 5.60. The number of hydrogen-bond acceptors (Lipinski definition) is 5. The quantitative estimate of drug-likeness (QED) is 0.660. The number of carboxylic acid groups (broad SMARTS) is 1. The summed E-state index contributed by atoms with van der Waals surface area (Å²) < 4.78 is 11.1. The lowest BCUT2D eigenvalue weighted by Crippen LogP contribution is -2.52. The van der Waals surface area contributed by atoms with Gasteiger partial charge in [0.05, 0.1) is 11.3 Å². The number of carbonyl (C=O) groups excluding carboxylic acids is 2. The Bertz CT molecular complexity index is 1080. The van der Waals surface area contributed by atoms with E-state index < -0.39 is 23.4 Å². The van der Waals surface area contributed by atoms with E-state index in [-0.39, 0.29) is 31.5 Å². The van der Waals surface area contributed by atoms with E-state index in [1.54, 1.807) is 4.90 Å². The number of alkyl carbamates (subject to hydrolysis) is 1. The van der Waals surface area contributed by atoms with Crippen molar-refractivity contribution in [3.63, 3.8) is 0 Å². The molecule has 2 saturated heterocycles. The summed E-state index contributed by atoms with van der Waals surface area (Å²) in [4.78, 5) is 39.1. The lowest BCUT2D eigenvalue weighted by molar-refractivity contribution is -0.147. The van der Waals surface area contributed by atoms with E-state index in [2.05, 4.69) is 29.6 Å². The van der Waals surface area contributed by atoms with Gasteiger partial charge in [0.2, 0.25) is 5.91 Å². The van der Waals surface area contributed by atoms with Crippen molar-refractivity contribution in [2.24, 2.45) is 11.3 Å². The van der Waals surface area contributed by atoms with Crippen LogP contribution in [0.1, 0.15) is 36.3 Å². The SMILES string of the molecule is O=C(NCC1(C(=O)N2CCC(C(=O)O)C2)CCOCC1)OCC1c2ccccc2-c2ccccc21. The number of ether oxygens (including phenoxy) is 2. The van der Waals surface area contributed by atoms with Crippen LogP contribution >= 0.6 is 0 Å². The van der Waals surface area contributed by atoms with Gasteiger partial charge in [-0.2, -0.15) is 0 Å². The van der Waals surface area contributed by atoms with Crippen molar-refractivity contribution in [1.82, 2.24) is 10.2 Å². The summed E-state index contributed by atoms with van der Waals surface area (Å²) in [5.74, 6) is -1.56. The number of hydrogen-bond donors (Lipinski definition) is 2. The first-order chi connectivity index (χ1) is 17.0. The Morgan fingerprint density at radius 2 is 1.66 bits per heavy atom. The van der Waals surface area contributed by atoms with E-state index >= 15 is 0 Å². The van der Waals surface area contributed by atoms with E-state index in [0.29, 0.717) is 39.0 Å². The van der Waals surface area contributed by atoms with Crippen molar-refractivity contribution in [1.29, 1.82) is 0 Å². The van der Waals surface area contributed by atoms with Crippen molar-refractivity contribution in [3.8, 4) is 11.1 Å². The summed E-state index contributed by atoms with van der Waals surface area (Å²) in [6.07, 6.45) is 0.844. The summed E-state index contributed by atoms with van der Waals surface area (Å²) in [6, 6.07) is 16.3. The van der Waals surface area contributed by atoms with Crippen LogP contribution in [0, 0.1) is 11.3 Å². The number of benzene rings is 2. The van der Waals surface area contributed by atoms with Gasteiger partial charge in [0.15, 0.2) is 0 Å². The molecule has 3 aliphatic rings. The Hall–Kier alpha value is -3.39. The van der Waals surface area contributed by atoms with Gasteiger partial charge in [-0.15, -0.1) is 0 Å². The molecule has 2 aromatic carbocycles. The number of aliphatic carboxylic acids is 1. The molecule has 1 aliphatic carbocycles. The molecule has 1 unspecified atom stereocenters. The molecule has 0 radical (unpaired) electrons. The third-order valence-electron chi connectivity index (χ3n) is 7.64. The van der Waals surface area contributed by atoms with Gasteiger partial charge in [-0.05, 0) is 41.5 Å². The molecule has 0 bridgehead atoms. The van der Waals surface area contributed by atoms with Crippen LogP contribution in [-0.4, -0.2) is 67.4 Å². The average Bonchev–Trinajstić information content (AvgIpc) is 3.50. The van der Waals surface area contributed by atoms with Crippen LogP contribution < -0.4 is 5.32 Å². The molecule has 0 aromatic heterocycles. The topological polar surface area (TPSA) is 105 Å². The molecule has 2 amide bonds. The summed E-state index contributed by atoms with van der Waals surface area (Å²) in [6.45, 7) is 1.82. The fourth-order valence-electron chi connectivity index (χ4n) is 5.60. The number of nitrogens with one attached hydrogen (secondary N) is 1. The first kappa shape index (κ1) is 23.4. The monoisotopic (exact) mass is 478 g/mol. The predicted molar refractivity (Wildman–Crippen MR) is 128 cm³/mol. The molecule has 5 rings (SSSR count). The van der Waals surface area contributed by atoms with Crippen LogP contribution in [0.3, 0.4) is 0 Å². The lowest BCUT2D eigenvalue weighted by atomic mass is 9.78. The van der Waals surface area contributed by atoms with Crippen molar-refractivity contribution in [2.75, 3.05) is 39.5 Å². The number of rotatable bonds is 6. The van der Waals surface area contributed by atoms with Gasteiger partial charge >= 0.3 is 12.1 Å². The van der Waals surface area contributed by atoms with E-state index in [1.807, 2.05) is 24.3 Å². The number of nitrogens with zero attached hydrogens (tertiary/aromatic N) is 1. The summed E-state index contributed by atoms with van der Waals surface area (Å²) in [5.41, 5.74) is 3.79. The summed E-state index contributed by atoms with van der Waals surface area (Å²) in [7, 11) is 0. The minimum atomic E-state index is -0.877. The minimum absolute atomic E-state index is 0.0376. The zero-order valence-corrected chi connectivity index (χ0v) is 19.6. The Balaban J connectivity index is 1.23. The molecule has 184 valence electrons. The van der Waals surface area contributed by atoms with Crippen molar-refractivity contribution in [2.45, 2.75) is 25.2 Å². The highest BCUT2D eigenvalue weighted by Crippen LogP contribution is 2.44. The number of likely N-dealkylation sites (tertiary alicyclic amines) is 1. The summed E-state index contributed by atoms with van der Waals surface area (Å²) >= 11 is 0. The molecule has 0 spiro atoms. The maximum absolute atomic E-state index is 13.4. The van der Waals surface area contributed by atoms with Crippen LogP contribution in [0.4, 0.5) is 4.79 Å². The average molecular weight is 479 g/mol.